The standard InChI is InChI=1S/C6H11Cl4O4P/c1-5(2,14-15(11,12)13)4(7)3-6(8,9)10/h4H,3H2,1-2H3,(H2,11,12,13). The molecule has 0 aromatic rings. The molecule has 2 N–H and O–H groups in total. The van der Waals surface area contributed by atoms with E-state index in [-0.39, 0.29) is 6.42 Å². The highest BCUT2D eigenvalue weighted by molar-refractivity contribution is 7.46. The number of phosphoric ester groups is 1. The average Bonchev–Trinajstić information content (AvgIpc) is 1.75. The van der Waals surface area contributed by atoms with Crippen LogP contribution in [0.4, 0.5) is 0 Å². The molecule has 1 unspecified atom stereocenters. The van der Waals surface area contributed by atoms with Crippen LogP contribution in [-0.2, 0) is 9.09 Å². The minimum Gasteiger partial charge on any atom is -0.303 e. The van der Waals surface area contributed by atoms with Crippen molar-refractivity contribution in [1.82, 2.24) is 0 Å². The molecular weight excluding hydrogens is 309 g/mol. The largest absolute Gasteiger partial charge is 0.470 e. The summed E-state index contributed by atoms with van der Waals surface area (Å²) < 4.78 is 13.5. The lowest BCUT2D eigenvalue weighted by Gasteiger charge is -2.31. The molecule has 0 rings (SSSR count). The fourth-order valence-electron chi connectivity index (χ4n) is 0.813. The van der Waals surface area contributed by atoms with Crippen molar-refractivity contribution in [3.8, 4) is 0 Å². The van der Waals surface area contributed by atoms with Crippen LogP contribution in [0.2, 0.25) is 0 Å². The third-order valence-electron chi connectivity index (χ3n) is 1.52. The molecule has 0 amide bonds. The summed E-state index contributed by atoms with van der Waals surface area (Å²) >= 11 is 22.3. The van der Waals surface area contributed by atoms with E-state index in [1.165, 1.54) is 13.8 Å². The minimum absolute atomic E-state index is 0.0910. The summed E-state index contributed by atoms with van der Waals surface area (Å²) in [5, 5.41) is -0.849. The van der Waals surface area contributed by atoms with Crippen LogP contribution in [0.5, 0.6) is 0 Å². The first-order valence-corrected chi connectivity index (χ1v) is 6.91. The Hall–Kier alpha value is 1.27. The molecule has 0 aliphatic rings. The zero-order chi connectivity index (χ0) is 12.5. The van der Waals surface area contributed by atoms with Gasteiger partial charge in [-0.05, 0) is 13.8 Å². The van der Waals surface area contributed by atoms with Crippen LogP contribution in [0.15, 0.2) is 0 Å². The van der Waals surface area contributed by atoms with Gasteiger partial charge < -0.3 is 9.79 Å². The second-order valence-corrected chi connectivity index (χ2v) is 7.68. The van der Waals surface area contributed by atoms with Crippen molar-refractivity contribution in [2.24, 2.45) is 0 Å². The lowest BCUT2D eigenvalue weighted by atomic mass is 10.0. The van der Waals surface area contributed by atoms with E-state index in [0.717, 1.165) is 0 Å². The van der Waals surface area contributed by atoms with Gasteiger partial charge in [-0.1, -0.05) is 34.8 Å². The SMILES string of the molecule is CC(C)(OP(=O)(O)O)C(Cl)CC(Cl)(Cl)Cl. The quantitative estimate of drug-likeness (QED) is 0.616. The van der Waals surface area contributed by atoms with E-state index >= 15 is 0 Å². The van der Waals surface area contributed by atoms with E-state index in [2.05, 4.69) is 4.52 Å². The Morgan fingerprint density at radius 1 is 1.33 bits per heavy atom. The topological polar surface area (TPSA) is 66.8 Å². The molecule has 4 nitrogen and oxygen atoms in total. The van der Waals surface area contributed by atoms with Gasteiger partial charge in [0.05, 0.1) is 11.0 Å². The Morgan fingerprint density at radius 3 is 2.00 bits per heavy atom. The van der Waals surface area contributed by atoms with Gasteiger partial charge in [0.15, 0.2) is 3.79 Å². The Kier molecular flexibility index (Phi) is 5.73. The molecule has 9 heteroatoms. The van der Waals surface area contributed by atoms with Gasteiger partial charge in [-0.15, -0.1) is 11.6 Å². The Morgan fingerprint density at radius 2 is 1.73 bits per heavy atom. The summed E-state index contributed by atoms with van der Waals surface area (Å²) in [5.41, 5.74) is -1.30. The Labute approximate surface area is 108 Å². The van der Waals surface area contributed by atoms with Gasteiger partial charge in [0, 0.05) is 6.42 Å². The summed E-state index contributed by atoms with van der Waals surface area (Å²) in [4.78, 5) is 17.3. The molecule has 0 aromatic heterocycles. The molecule has 92 valence electrons. The summed E-state index contributed by atoms with van der Waals surface area (Å²) in [6, 6.07) is 0. The first kappa shape index (κ1) is 16.3. The number of alkyl halides is 4. The predicted molar refractivity (Wildman–Crippen MR) is 61.8 cm³/mol. The first-order valence-electron chi connectivity index (χ1n) is 3.80. The van der Waals surface area contributed by atoms with Crippen LogP contribution < -0.4 is 0 Å². The summed E-state index contributed by atoms with van der Waals surface area (Å²) in [7, 11) is -4.62. The van der Waals surface area contributed by atoms with Crippen LogP contribution in [0, 0.1) is 0 Å². The fraction of sp³-hybridized carbons (Fsp3) is 1.00. The van der Waals surface area contributed by atoms with Gasteiger partial charge in [-0.2, -0.15) is 0 Å². The highest BCUT2D eigenvalue weighted by atomic mass is 35.6. The number of phosphoric acid groups is 1. The normalized spacial score (nSPS) is 16.5. The van der Waals surface area contributed by atoms with Crippen molar-refractivity contribution in [2.75, 3.05) is 0 Å². The molecule has 0 spiro atoms. The zero-order valence-corrected chi connectivity index (χ0v) is 11.9. The minimum atomic E-state index is -4.62. The molecular formula is C6H11Cl4O4P. The van der Waals surface area contributed by atoms with Crippen LogP contribution in [-0.4, -0.2) is 24.6 Å². The van der Waals surface area contributed by atoms with E-state index < -0.39 is 22.6 Å². The number of hydrogen-bond acceptors (Lipinski definition) is 2. The van der Waals surface area contributed by atoms with E-state index in [0.29, 0.717) is 0 Å². The average molecular weight is 320 g/mol. The number of halogens is 4. The highest BCUT2D eigenvalue weighted by Crippen LogP contribution is 2.46. The van der Waals surface area contributed by atoms with Gasteiger partial charge in [0.2, 0.25) is 0 Å². The number of hydrogen-bond donors (Lipinski definition) is 2. The van der Waals surface area contributed by atoms with Crippen LogP contribution >= 0.6 is 54.2 Å². The fourth-order valence-corrected chi connectivity index (χ4v) is 2.59. The summed E-state index contributed by atoms with van der Waals surface area (Å²) in [5.74, 6) is 0. The van der Waals surface area contributed by atoms with Crippen LogP contribution in [0.1, 0.15) is 20.3 Å². The van der Waals surface area contributed by atoms with Crippen LogP contribution in [0.3, 0.4) is 0 Å². The van der Waals surface area contributed by atoms with E-state index in [1.54, 1.807) is 0 Å². The monoisotopic (exact) mass is 318 g/mol. The van der Waals surface area contributed by atoms with Crippen LogP contribution in [0.25, 0.3) is 0 Å². The van der Waals surface area contributed by atoms with Crippen molar-refractivity contribution in [1.29, 1.82) is 0 Å². The molecule has 0 aliphatic heterocycles. The molecule has 0 radical (unpaired) electrons. The Bertz CT molecular complexity index is 258. The molecule has 0 heterocycles. The maximum absolute atomic E-state index is 10.6. The molecule has 0 aliphatic carbocycles. The maximum atomic E-state index is 10.6. The van der Waals surface area contributed by atoms with E-state index in [4.69, 9.17) is 56.2 Å². The first-order chi connectivity index (χ1) is 6.33. The molecule has 1 atom stereocenters. The van der Waals surface area contributed by atoms with Gasteiger partial charge in [0.1, 0.15) is 0 Å². The zero-order valence-electron chi connectivity index (χ0n) is 7.95. The number of rotatable bonds is 4. The summed E-state index contributed by atoms with van der Waals surface area (Å²) in [6.07, 6.45) is -0.0910. The van der Waals surface area contributed by atoms with E-state index in [1.807, 2.05) is 0 Å². The molecule has 15 heavy (non-hydrogen) atoms. The maximum Gasteiger partial charge on any atom is 0.470 e. The van der Waals surface area contributed by atoms with Crippen molar-refractivity contribution in [3.05, 3.63) is 0 Å². The van der Waals surface area contributed by atoms with Crippen molar-refractivity contribution in [2.45, 2.75) is 35.0 Å². The molecule has 0 saturated carbocycles. The van der Waals surface area contributed by atoms with Crippen molar-refractivity contribution in [3.63, 3.8) is 0 Å². The lowest BCUT2D eigenvalue weighted by molar-refractivity contribution is 0.0598. The lowest BCUT2D eigenvalue weighted by Crippen LogP contribution is -2.36. The molecule has 0 fully saturated rings. The molecule has 0 aromatic carbocycles. The Balaban J connectivity index is 4.53. The van der Waals surface area contributed by atoms with Gasteiger partial charge in [-0.25, -0.2) is 4.57 Å². The van der Waals surface area contributed by atoms with E-state index in [9.17, 15) is 4.57 Å². The second-order valence-electron chi connectivity index (χ2n) is 3.47. The third kappa shape index (κ3) is 8.06. The molecule has 0 bridgehead atoms. The summed E-state index contributed by atoms with van der Waals surface area (Å²) in [6.45, 7) is 2.81. The third-order valence-corrected chi connectivity index (χ3v) is 3.37. The van der Waals surface area contributed by atoms with Crippen molar-refractivity contribution < 1.29 is 18.9 Å². The van der Waals surface area contributed by atoms with Gasteiger partial charge in [-0.3, -0.25) is 4.52 Å². The van der Waals surface area contributed by atoms with Crippen molar-refractivity contribution >= 4 is 54.2 Å². The van der Waals surface area contributed by atoms with Gasteiger partial charge >= 0.3 is 7.82 Å². The second kappa shape index (κ2) is 5.28. The smallest absolute Gasteiger partial charge is 0.303 e. The highest BCUT2D eigenvalue weighted by Gasteiger charge is 2.39. The molecule has 0 saturated heterocycles. The van der Waals surface area contributed by atoms with Gasteiger partial charge in [0.25, 0.3) is 0 Å². The predicted octanol–water partition coefficient (Wildman–Crippen LogP) is 3.24.